The summed E-state index contributed by atoms with van der Waals surface area (Å²) < 4.78 is 4.81. The average Bonchev–Trinajstić information content (AvgIpc) is 2.14. The maximum absolute atomic E-state index is 11.3. The summed E-state index contributed by atoms with van der Waals surface area (Å²) in [5.74, 6) is -0.455. The van der Waals surface area contributed by atoms with Gasteiger partial charge < -0.3 is 9.84 Å². The lowest BCUT2D eigenvalue weighted by molar-refractivity contribution is -0.141. The Bertz CT molecular complexity index is 249. The van der Waals surface area contributed by atoms with Gasteiger partial charge in [-0.05, 0) is 19.9 Å². The van der Waals surface area contributed by atoms with Crippen molar-refractivity contribution in [1.29, 1.82) is 0 Å². The molecule has 78 valence electrons. The molecule has 0 fully saturated rings. The van der Waals surface area contributed by atoms with Crippen LogP contribution in [0.5, 0.6) is 0 Å². The van der Waals surface area contributed by atoms with E-state index in [4.69, 9.17) is 9.84 Å². The van der Waals surface area contributed by atoms with Gasteiger partial charge >= 0.3 is 5.97 Å². The number of esters is 1. The molecular weight excluding hydrogens is 180 g/mol. The third-order valence-corrected chi connectivity index (χ3v) is 1.33. The third-order valence-electron chi connectivity index (χ3n) is 1.33. The fourth-order valence-corrected chi connectivity index (χ4v) is 0.778. The molecule has 1 atom stereocenters. The summed E-state index contributed by atoms with van der Waals surface area (Å²) in [7, 11) is 0. The maximum Gasteiger partial charge on any atom is 0.338 e. The van der Waals surface area contributed by atoms with E-state index in [0.717, 1.165) is 0 Å². The molecule has 0 saturated carbocycles. The quantitative estimate of drug-likeness (QED) is 0.412. The molecule has 1 N–H and O–H groups in total. The molecule has 0 amide bonds. The highest BCUT2D eigenvalue weighted by atomic mass is 16.5. The number of carbonyl (C=O) groups is 1. The van der Waals surface area contributed by atoms with Gasteiger partial charge in [0.05, 0.1) is 11.7 Å². The predicted molar refractivity (Wildman–Crippen MR) is 55.7 cm³/mol. The highest BCUT2D eigenvalue weighted by Crippen LogP contribution is 2.01. The van der Waals surface area contributed by atoms with Gasteiger partial charge in [0.1, 0.15) is 6.61 Å². The molecule has 0 aliphatic rings. The molecule has 0 aliphatic carbocycles. The maximum atomic E-state index is 11.3. The Balaban J connectivity index is 4.31. The molecule has 0 aromatic rings. The summed E-state index contributed by atoms with van der Waals surface area (Å²) in [5, 5.41) is 8.91. The van der Waals surface area contributed by atoms with Crippen LogP contribution in [0.25, 0.3) is 0 Å². The highest BCUT2D eigenvalue weighted by molar-refractivity contribution is 5.91. The molecule has 3 nitrogen and oxygen atoms in total. The van der Waals surface area contributed by atoms with Gasteiger partial charge in [-0.25, -0.2) is 4.79 Å². The molecule has 1 unspecified atom stereocenters. The van der Waals surface area contributed by atoms with Crippen LogP contribution in [-0.4, -0.2) is 23.8 Å². The van der Waals surface area contributed by atoms with Crippen LogP contribution in [0.4, 0.5) is 0 Å². The Labute approximate surface area is 84.4 Å². The Morgan fingerprint density at radius 1 is 1.64 bits per heavy atom. The summed E-state index contributed by atoms with van der Waals surface area (Å²) >= 11 is 0. The Hall–Kier alpha value is -1.35. The lowest BCUT2D eigenvalue weighted by Crippen LogP contribution is -2.16. The van der Waals surface area contributed by atoms with E-state index < -0.39 is 12.1 Å². The minimum atomic E-state index is -0.644. The molecule has 0 rings (SSSR count). The molecule has 0 radical (unpaired) electrons. The van der Waals surface area contributed by atoms with Crippen molar-refractivity contribution in [3.05, 3.63) is 36.5 Å². The fraction of sp³-hybridized carbons (Fsp3) is 0.364. The van der Waals surface area contributed by atoms with E-state index >= 15 is 0 Å². The molecule has 14 heavy (non-hydrogen) atoms. The van der Waals surface area contributed by atoms with Crippen molar-refractivity contribution < 1.29 is 14.6 Å². The second-order valence-electron chi connectivity index (χ2n) is 2.81. The second-order valence-corrected chi connectivity index (χ2v) is 2.81. The smallest absolute Gasteiger partial charge is 0.338 e. The summed E-state index contributed by atoms with van der Waals surface area (Å²) in [6.45, 7) is 6.86. The minimum Gasteiger partial charge on any atom is -0.459 e. The number of hydrogen-bond acceptors (Lipinski definition) is 3. The molecule has 0 aromatic carbocycles. The molecule has 0 aliphatic heterocycles. The summed E-state index contributed by atoms with van der Waals surface area (Å²) in [4.78, 5) is 11.3. The first-order valence-corrected chi connectivity index (χ1v) is 4.42. The van der Waals surface area contributed by atoms with Crippen molar-refractivity contribution in [2.24, 2.45) is 0 Å². The largest absolute Gasteiger partial charge is 0.459 e. The van der Waals surface area contributed by atoms with Crippen molar-refractivity contribution in [2.75, 3.05) is 6.61 Å². The van der Waals surface area contributed by atoms with Crippen LogP contribution in [0.2, 0.25) is 0 Å². The first kappa shape index (κ1) is 12.7. The number of hydrogen-bond donors (Lipinski definition) is 1. The van der Waals surface area contributed by atoms with Crippen LogP contribution < -0.4 is 0 Å². The average molecular weight is 196 g/mol. The number of allylic oxidation sites excluding steroid dienone is 3. The van der Waals surface area contributed by atoms with Crippen LogP contribution in [0, 0.1) is 0 Å². The lowest BCUT2D eigenvalue weighted by atomic mass is 10.2. The molecule has 0 spiro atoms. The zero-order chi connectivity index (χ0) is 11.0. The first-order valence-electron chi connectivity index (χ1n) is 4.42. The summed E-state index contributed by atoms with van der Waals surface area (Å²) in [6.07, 6.45) is 5.79. The van der Waals surface area contributed by atoms with E-state index in [-0.39, 0.29) is 6.61 Å². The van der Waals surface area contributed by atoms with Gasteiger partial charge in [0, 0.05) is 0 Å². The van der Waals surface area contributed by atoms with Crippen molar-refractivity contribution in [2.45, 2.75) is 20.0 Å². The molecule has 0 bridgehead atoms. The highest BCUT2D eigenvalue weighted by Gasteiger charge is 2.07. The van der Waals surface area contributed by atoms with Crippen molar-refractivity contribution >= 4 is 5.97 Å². The predicted octanol–water partition coefficient (Wildman–Crippen LogP) is 1.60. The van der Waals surface area contributed by atoms with E-state index in [1.165, 1.54) is 6.08 Å². The van der Waals surface area contributed by atoms with Gasteiger partial charge in [-0.2, -0.15) is 0 Å². The van der Waals surface area contributed by atoms with E-state index in [2.05, 4.69) is 6.58 Å². The van der Waals surface area contributed by atoms with E-state index in [0.29, 0.717) is 5.57 Å². The van der Waals surface area contributed by atoms with E-state index in [1.54, 1.807) is 32.1 Å². The Morgan fingerprint density at radius 3 is 2.71 bits per heavy atom. The van der Waals surface area contributed by atoms with Crippen LogP contribution >= 0.6 is 0 Å². The number of ether oxygens (including phenoxy) is 1. The van der Waals surface area contributed by atoms with Crippen LogP contribution in [-0.2, 0) is 9.53 Å². The molecule has 0 aromatic heterocycles. The standard InChI is InChI=1S/C11H16O3/c1-4-6-10(7-5-2)11(13)14-8-9(3)12/h4-7,9,12H,1,8H2,2-3H3/b7-5-,10-6+. The SMILES string of the molecule is C=C/C=C(\C=C/C)C(=O)OCC(C)O. The van der Waals surface area contributed by atoms with Gasteiger partial charge in [0.25, 0.3) is 0 Å². The molecule has 3 heteroatoms. The topological polar surface area (TPSA) is 46.5 Å². The minimum absolute atomic E-state index is 0.00483. The summed E-state index contributed by atoms with van der Waals surface area (Å²) in [6, 6.07) is 0. The lowest BCUT2D eigenvalue weighted by Gasteiger charge is -2.06. The van der Waals surface area contributed by atoms with Gasteiger partial charge in [-0.15, -0.1) is 0 Å². The number of aliphatic hydroxyl groups excluding tert-OH is 1. The van der Waals surface area contributed by atoms with Crippen LogP contribution in [0.3, 0.4) is 0 Å². The van der Waals surface area contributed by atoms with E-state index in [9.17, 15) is 4.79 Å². The molecule has 0 heterocycles. The molecular formula is C11H16O3. The van der Waals surface area contributed by atoms with E-state index in [1.807, 2.05) is 0 Å². The van der Waals surface area contributed by atoms with Gasteiger partial charge in [0.2, 0.25) is 0 Å². The van der Waals surface area contributed by atoms with Gasteiger partial charge in [0.15, 0.2) is 0 Å². The Morgan fingerprint density at radius 2 is 2.29 bits per heavy atom. The third kappa shape index (κ3) is 5.32. The monoisotopic (exact) mass is 196 g/mol. The normalized spacial score (nSPS) is 14.1. The van der Waals surface area contributed by atoms with Crippen LogP contribution in [0.1, 0.15) is 13.8 Å². The van der Waals surface area contributed by atoms with Crippen molar-refractivity contribution in [1.82, 2.24) is 0 Å². The van der Waals surface area contributed by atoms with Gasteiger partial charge in [-0.3, -0.25) is 0 Å². The number of aliphatic hydroxyl groups is 1. The number of carbonyl (C=O) groups excluding carboxylic acids is 1. The molecule has 0 saturated heterocycles. The zero-order valence-corrected chi connectivity index (χ0v) is 8.56. The Kier molecular flexibility index (Phi) is 6.41. The fourth-order valence-electron chi connectivity index (χ4n) is 0.778. The second kappa shape index (κ2) is 7.09. The van der Waals surface area contributed by atoms with Gasteiger partial charge in [-0.1, -0.05) is 24.8 Å². The number of rotatable bonds is 5. The zero-order valence-electron chi connectivity index (χ0n) is 8.56. The van der Waals surface area contributed by atoms with Crippen molar-refractivity contribution in [3.63, 3.8) is 0 Å². The van der Waals surface area contributed by atoms with Crippen molar-refractivity contribution in [3.8, 4) is 0 Å². The first-order chi connectivity index (χ1) is 6.61. The van der Waals surface area contributed by atoms with Crippen LogP contribution in [0.15, 0.2) is 36.5 Å². The summed E-state index contributed by atoms with van der Waals surface area (Å²) in [5.41, 5.74) is 0.420.